The van der Waals surface area contributed by atoms with Crippen LogP contribution in [0.2, 0.25) is 0 Å². The largest absolute Gasteiger partial charge is 0.392 e. The van der Waals surface area contributed by atoms with Crippen LogP contribution >= 0.6 is 0 Å². The molecule has 2 aromatic rings. The number of carbonyl (C=O) groups excluding carboxylic acids is 1. The fourth-order valence-electron chi connectivity index (χ4n) is 4.03. The summed E-state index contributed by atoms with van der Waals surface area (Å²) in [5.74, 6) is 1.06. The summed E-state index contributed by atoms with van der Waals surface area (Å²) in [5.41, 5.74) is 4.64. The molecule has 4 nitrogen and oxygen atoms in total. The number of rotatable bonds is 4. The van der Waals surface area contributed by atoms with Crippen molar-refractivity contribution in [2.45, 2.75) is 38.0 Å². The van der Waals surface area contributed by atoms with Gasteiger partial charge < -0.3 is 15.7 Å². The first-order valence-electron chi connectivity index (χ1n) is 8.57. The molecule has 2 aromatic carbocycles. The first-order chi connectivity index (χ1) is 11.8. The van der Waals surface area contributed by atoms with E-state index in [0.717, 1.165) is 24.0 Å². The Kier molecular flexibility index (Phi) is 3.98. The molecule has 4 rings (SSSR count). The highest BCUT2D eigenvalue weighted by atomic mass is 16.3. The second-order valence-electron chi connectivity index (χ2n) is 6.71. The van der Waals surface area contributed by atoms with Crippen molar-refractivity contribution in [2.24, 2.45) is 5.92 Å². The minimum atomic E-state index is -0.125. The van der Waals surface area contributed by atoms with Crippen molar-refractivity contribution < 1.29 is 9.90 Å². The Morgan fingerprint density at radius 1 is 1.08 bits per heavy atom. The van der Waals surface area contributed by atoms with Crippen molar-refractivity contribution >= 4 is 6.03 Å². The van der Waals surface area contributed by atoms with Crippen molar-refractivity contribution in [2.75, 3.05) is 0 Å². The summed E-state index contributed by atoms with van der Waals surface area (Å²) in [7, 11) is 0. The fourth-order valence-corrected chi connectivity index (χ4v) is 4.03. The first-order valence-corrected chi connectivity index (χ1v) is 8.57. The van der Waals surface area contributed by atoms with Gasteiger partial charge in [-0.25, -0.2) is 4.79 Å². The molecule has 0 aromatic heterocycles. The molecule has 3 atom stereocenters. The van der Waals surface area contributed by atoms with Gasteiger partial charge >= 0.3 is 6.03 Å². The number of fused-ring (bicyclic) bond motifs is 3. The van der Waals surface area contributed by atoms with E-state index in [1.54, 1.807) is 0 Å². The van der Waals surface area contributed by atoms with E-state index in [4.69, 9.17) is 0 Å². The number of benzene rings is 2. The highest BCUT2D eigenvalue weighted by Gasteiger charge is 2.53. The van der Waals surface area contributed by atoms with Crippen LogP contribution in [0.1, 0.15) is 34.6 Å². The van der Waals surface area contributed by atoms with Crippen LogP contribution in [-0.2, 0) is 19.6 Å². The minimum Gasteiger partial charge on any atom is -0.392 e. The zero-order valence-electron chi connectivity index (χ0n) is 13.5. The highest BCUT2D eigenvalue weighted by Crippen LogP contribution is 2.54. The van der Waals surface area contributed by atoms with Crippen LogP contribution in [-0.4, -0.2) is 17.2 Å². The second kappa shape index (κ2) is 6.29. The highest BCUT2D eigenvalue weighted by molar-refractivity contribution is 5.75. The van der Waals surface area contributed by atoms with Gasteiger partial charge in [0.25, 0.3) is 0 Å². The molecule has 2 aliphatic carbocycles. The minimum absolute atomic E-state index is 0.0109. The van der Waals surface area contributed by atoms with Gasteiger partial charge in [0.2, 0.25) is 0 Å². The zero-order chi connectivity index (χ0) is 16.5. The maximum atomic E-state index is 12.2. The predicted octanol–water partition coefficient (Wildman–Crippen LogP) is 2.71. The quantitative estimate of drug-likeness (QED) is 0.810. The van der Waals surface area contributed by atoms with Crippen LogP contribution in [0.3, 0.4) is 0 Å². The lowest BCUT2D eigenvalue weighted by Gasteiger charge is -2.13. The summed E-state index contributed by atoms with van der Waals surface area (Å²) in [6.07, 6.45) is 2.26. The van der Waals surface area contributed by atoms with E-state index in [1.165, 1.54) is 11.1 Å². The van der Waals surface area contributed by atoms with Gasteiger partial charge in [-0.3, -0.25) is 0 Å². The molecule has 0 saturated heterocycles. The molecule has 4 heteroatoms. The molecule has 0 radical (unpaired) electrons. The van der Waals surface area contributed by atoms with E-state index >= 15 is 0 Å². The number of aliphatic hydroxyl groups is 1. The second-order valence-corrected chi connectivity index (χ2v) is 6.71. The van der Waals surface area contributed by atoms with Gasteiger partial charge in [-0.15, -0.1) is 0 Å². The summed E-state index contributed by atoms with van der Waals surface area (Å²) in [6.45, 7) is 0.421. The molecule has 1 fully saturated rings. The van der Waals surface area contributed by atoms with E-state index in [9.17, 15) is 9.90 Å². The summed E-state index contributed by atoms with van der Waals surface area (Å²) in [5, 5.41) is 15.4. The Balaban J connectivity index is 1.35. The van der Waals surface area contributed by atoms with Gasteiger partial charge in [-0.05, 0) is 41.0 Å². The molecular weight excluding hydrogens is 300 g/mol. The van der Waals surface area contributed by atoms with Gasteiger partial charge in [0.05, 0.1) is 6.61 Å². The van der Waals surface area contributed by atoms with Crippen LogP contribution in [0.15, 0.2) is 48.5 Å². The van der Waals surface area contributed by atoms with Crippen LogP contribution < -0.4 is 10.6 Å². The van der Waals surface area contributed by atoms with Crippen molar-refractivity contribution in [3.8, 4) is 0 Å². The monoisotopic (exact) mass is 322 g/mol. The summed E-state index contributed by atoms with van der Waals surface area (Å²) in [4.78, 5) is 12.2. The lowest BCUT2D eigenvalue weighted by Crippen LogP contribution is -2.37. The smallest absolute Gasteiger partial charge is 0.315 e. The molecule has 24 heavy (non-hydrogen) atoms. The molecule has 0 aliphatic heterocycles. The Morgan fingerprint density at radius 3 is 2.67 bits per heavy atom. The van der Waals surface area contributed by atoms with E-state index in [-0.39, 0.29) is 18.7 Å². The van der Waals surface area contributed by atoms with Crippen molar-refractivity contribution in [3.05, 3.63) is 70.8 Å². The Bertz CT molecular complexity index is 759. The van der Waals surface area contributed by atoms with Crippen LogP contribution in [0.4, 0.5) is 4.79 Å². The van der Waals surface area contributed by atoms with E-state index in [2.05, 4.69) is 34.9 Å². The van der Waals surface area contributed by atoms with Crippen LogP contribution in [0, 0.1) is 5.92 Å². The van der Waals surface area contributed by atoms with Crippen molar-refractivity contribution in [1.29, 1.82) is 0 Å². The Labute approximate surface area is 141 Å². The number of hydrogen-bond acceptors (Lipinski definition) is 2. The SMILES string of the molecule is O=C(NCc1ccccc1CO)NC1C2CCc3ccccc3C21. The standard InChI is InChI=1S/C20H22N2O2/c23-12-15-7-2-1-6-14(15)11-21-20(24)22-19-17-10-9-13-5-3-4-8-16(13)18(17)19/h1-8,17-19,23H,9-12H2,(H2,21,22,24). The van der Waals surface area contributed by atoms with Gasteiger partial charge in [-0.2, -0.15) is 0 Å². The number of hydrogen-bond donors (Lipinski definition) is 3. The van der Waals surface area contributed by atoms with Crippen LogP contribution in [0.5, 0.6) is 0 Å². The number of aliphatic hydroxyl groups excluding tert-OH is 1. The third kappa shape index (κ3) is 2.78. The molecular formula is C20H22N2O2. The molecule has 0 bridgehead atoms. The lowest BCUT2D eigenvalue weighted by molar-refractivity contribution is 0.239. The number of nitrogens with one attached hydrogen (secondary N) is 2. The fraction of sp³-hybridized carbons (Fsp3) is 0.350. The predicted molar refractivity (Wildman–Crippen MR) is 92.5 cm³/mol. The average molecular weight is 322 g/mol. The Hall–Kier alpha value is -2.33. The molecule has 2 amide bonds. The molecule has 0 heterocycles. The van der Waals surface area contributed by atoms with Gasteiger partial charge in [0.15, 0.2) is 0 Å². The normalized spacial score (nSPS) is 23.8. The number of carbonyl (C=O) groups is 1. The molecule has 3 N–H and O–H groups in total. The lowest BCUT2D eigenvalue weighted by atomic mass is 9.92. The van der Waals surface area contributed by atoms with Gasteiger partial charge in [0, 0.05) is 18.5 Å². The molecule has 0 spiro atoms. The topological polar surface area (TPSA) is 61.4 Å². The third-order valence-corrected chi connectivity index (χ3v) is 5.36. The molecule has 1 saturated carbocycles. The molecule has 2 aliphatic rings. The summed E-state index contributed by atoms with van der Waals surface area (Å²) in [6, 6.07) is 16.3. The van der Waals surface area contributed by atoms with Crippen LogP contribution in [0.25, 0.3) is 0 Å². The average Bonchev–Trinajstić information content (AvgIpc) is 3.33. The van der Waals surface area contributed by atoms with E-state index < -0.39 is 0 Å². The maximum absolute atomic E-state index is 12.2. The Morgan fingerprint density at radius 2 is 1.83 bits per heavy atom. The van der Waals surface area contributed by atoms with Gasteiger partial charge in [-0.1, -0.05) is 48.5 Å². The molecule has 124 valence electrons. The van der Waals surface area contributed by atoms with Crippen molar-refractivity contribution in [1.82, 2.24) is 10.6 Å². The molecule has 3 unspecified atom stereocenters. The van der Waals surface area contributed by atoms with Gasteiger partial charge in [0.1, 0.15) is 0 Å². The maximum Gasteiger partial charge on any atom is 0.315 e. The first kappa shape index (κ1) is 15.2. The number of amides is 2. The third-order valence-electron chi connectivity index (χ3n) is 5.36. The number of urea groups is 1. The van der Waals surface area contributed by atoms with Crippen molar-refractivity contribution in [3.63, 3.8) is 0 Å². The zero-order valence-corrected chi connectivity index (χ0v) is 13.5. The summed E-state index contributed by atoms with van der Waals surface area (Å²) >= 11 is 0. The number of aryl methyl sites for hydroxylation is 1. The summed E-state index contributed by atoms with van der Waals surface area (Å²) < 4.78 is 0. The van der Waals surface area contributed by atoms with E-state index in [0.29, 0.717) is 18.4 Å². The van der Waals surface area contributed by atoms with E-state index in [1.807, 2.05) is 24.3 Å².